The van der Waals surface area contributed by atoms with E-state index in [4.69, 9.17) is 5.73 Å². The fourth-order valence-corrected chi connectivity index (χ4v) is 0.657. The van der Waals surface area contributed by atoms with Crippen LogP contribution >= 0.6 is 0 Å². The van der Waals surface area contributed by atoms with Crippen molar-refractivity contribution in [2.45, 2.75) is 27.7 Å². The van der Waals surface area contributed by atoms with Crippen LogP contribution in [0.2, 0.25) is 0 Å². The van der Waals surface area contributed by atoms with Gasteiger partial charge in [-0.1, -0.05) is 52.5 Å². The topological polar surface area (TPSA) is 52.3 Å². The Kier molecular flexibility index (Phi) is 25.3. The first-order chi connectivity index (χ1) is 8.20. The summed E-state index contributed by atoms with van der Waals surface area (Å²) < 4.78 is 14.2. The highest BCUT2D eigenvalue weighted by molar-refractivity contribution is 7.83. The predicted molar refractivity (Wildman–Crippen MR) is 78.9 cm³/mol. The molecular formula is C13H25NO2S. The first kappa shape index (κ1) is 21.2. The minimum atomic E-state index is -1.27. The van der Waals surface area contributed by atoms with Gasteiger partial charge in [-0.25, -0.2) is 4.21 Å². The van der Waals surface area contributed by atoms with Crippen molar-refractivity contribution >= 4 is 16.8 Å². The van der Waals surface area contributed by atoms with Crippen LogP contribution in [-0.2, 0) is 15.3 Å². The SMILES string of the molecule is C=CS(=O)OC.CC.CC.Nc1ccccc1. The Morgan fingerprint density at radius 3 is 1.71 bits per heavy atom. The van der Waals surface area contributed by atoms with Gasteiger partial charge in [-0.3, -0.25) is 4.18 Å². The smallest absolute Gasteiger partial charge is 0.180 e. The second-order valence-corrected chi connectivity index (χ2v) is 3.19. The molecule has 0 radical (unpaired) electrons. The number of rotatable bonds is 2. The van der Waals surface area contributed by atoms with Crippen LogP contribution in [0.1, 0.15) is 27.7 Å². The molecule has 1 aromatic carbocycles. The lowest BCUT2D eigenvalue weighted by atomic mass is 10.3. The zero-order valence-electron chi connectivity index (χ0n) is 11.5. The van der Waals surface area contributed by atoms with E-state index in [1.807, 2.05) is 58.0 Å². The third-order valence-corrected chi connectivity index (χ3v) is 1.70. The quantitative estimate of drug-likeness (QED) is 0.823. The summed E-state index contributed by atoms with van der Waals surface area (Å²) in [5.41, 5.74) is 6.18. The molecule has 3 nitrogen and oxygen atoms in total. The molecule has 0 spiro atoms. The molecule has 0 amide bonds. The van der Waals surface area contributed by atoms with Crippen LogP contribution in [0.4, 0.5) is 5.69 Å². The van der Waals surface area contributed by atoms with Crippen LogP contribution in [0.3, 0.4) is 0 Å². The van der Waals surface area contributed by atoms with Crippen LogP contribution in [0.5, 0.6) is 0 Å². The molecule has 1 atom stereocenters. The van der Waals surface area contributed by atoms with Crippen molar-refractivity contribution in [3.05, 3.63) is 42.3 Å². The summed E-state index contributed by atoms with van der Waals surface area (Å²) in [5, 5.41) is 1.22. The maximum Gasteiger partial charge on any atom is 0.180 e. The molecule has 0 heterocycles. The number of hydrogen-bond donors (Lipinski definition) is 1. The molecule has 0 fully saturated rings. The van der Waals surface area contributed by atoms with Crippen molar-refractivity contribution in [1.29, 1.82) is 0 Å². The normalized spacial score (nSPS) is 9.00. The fourth-order valence-electron chi connectivity index (χ4n) is 0.521. The van der Waals surface area contributed by atoms with Gasteiger partial charge in [0.1, 0.15) is 0 Å². The molecule has 1 rings (SSSR count). The highest BCUT2D eigenvalue weighted by Crippen LogP contribution is 1.95. The van der Waals surface area contributed by atoms with Crippen LogP contribution in [-0.4, -0.2) is 11.3 Å². The zero-order valence-corrected chi connectivity index (χ0v) is 12.3. The van der Waals surface area contributed by atoms with E-state index < -0.39 is 11.1 Å². The first-order valence-corrected chi connectivity index (χ1v) is 6.72. The maximum absolute atomic E-state index is 9.95. The van der Waals surface area contributed by atoms with Gasteiger partial charge in [0.2, 0.25) is 0 Å². The number of para-hydroxylation sites is 1. The monoisotopic (exact) mass is 259 g/mol. The molecule has 0 bridgehead atoms. The molecule has 4 heteroatoms. The average Bonchev–Trinajstić information content (AvgIpc) is 2.44. The Morgan fingerprint density at radius 1 is 1.18 bits per heavy atom. The third-order valence-electron chi connectivity index (χ3n) is 1.10. The van der Waals surface area contributed by atoms with E-state index in [1.54, 1.807) is 0 Å². The van der Waals surface area contributed by atoms with E-state index in [-0.39, 0.29) is 0 Å². The number of nitrogen functional groups attached to an aromatic ring is 1. The average molecular weight is 259 g/mol. The highest BCUT2D eigenvalue weighted by atomic mass is 32.2. The third kappa shape index (κ3) is 20.8. The summed E-state index contributed by atoms with van der Waals surface area (Å²) in [6, 6.07) is 9.49. The van der Waals surface area contributed by atoms with Gasteiger partial charge in [-0.05, 0) is 12.1 Å². The van der Waals surface area contributed by atoms with Gasteiger partial charge >= 0.3 is 0 Å². The number of benzene rings is 1. The van der Waals surface area contributed by atoms with Gasteiger partial charge in [0.05, 0.1) is 7.11 Å². The van der Waals surface area contributed by atoms with E-state index in [9.17, 15) is 4.21 Å². The Labute approximate surface area is 108 Å². The van der Waals surface area contributed by atoms with Gasteiger partial charge in [-0.15, -0.1) is 0 Å². The van der Waals surface area contributed by atoms with Crippen molar-refractivity contribution in [2.75, 3.05) is 12.8 Å². The Morgan fingerprint density at radius 2 is 1.59 bits per heavy atom. The largest absolute Gasteiger partial charge is 0.399 e. The van der Waals surface area contributed by atoms with Gasteiger partial charge in [-0.2, -0.15) is 0 Å². The van der Waals surface area contributed by atoms with Crippen molar-refractivity contribution in [2.24, 2.45) is 0 Å². The molecular weight excluding hydrogens is 234 g/mol. The minimum absolute atomic E-state index is 0.822. The first-order valence-electron chi connectivity index (χ1n) is 5.58. The zero-order chi connectivity index (χ0) is 14.1. The molecule has 0 saturated heterocycles. The molecule has 2 N–H and O–H groups in total. The molecule has 0 aliphatic heterocycles. The molecule has 0 aromatic heterocycles. The lowest BCUT2D eigenvalue weighted by Crippen LogP contribution is -1.81. The standard InChI is InChI=1S/C6H7N.C3H6O2S.2C2H6/c7-6-4-2-1-3-5-6;1-3-6(4)5-2;2*1-2/h1-5H,7H2;3H,1H2,2H3;2*1-2H3. The van der Waals surface area contributed by atoms with Gasteiger partial charge in [0.25, 0.3) is 0 Å². The van der Waals surface area contributed by atoms with Crippen molar-refractivity contribution < 1.29 is 8.39 Å². The highest BCUT2D eigenvalue weighted by Gasteiger charge is 1.78. The number of anilines is 1. The second kappa shape index (κ2) is 20.3. The fraction of sp³-hybridized carbons (Fsp3) is 0.385. The van der Waals surface area contributed by atoms with E-state index in [0.717, 1.165) is 5.69 Å². The maximum atomic E-state index is 9.95. The van der Waals surface area contributed by atoms with Gasteiger partial charge in [0, 0.05) is 11.1 Å². The summed E-state index contributed by atoms with van der Waals surface area (Å²) in [5.74, 6) is 0. The second-order valence-electron chi connectivity index (χ2n) is 2.00. The molecule has 1 unspecified atom stereocenters. The van der Waals surface area contributed by atoms with E-state index in [0.29, 0.717) is 0 Å². The van der Waals surface area contributed by atoms with Crippen molar-refractivity contribution in [1.82, 2.24) is 0 Å². The number of nitrogens with two attached hydrogens (primary N) is 1. The summed E-state index contributed by atoms with van der Waals surface area (Å²) in [6.45, 7) is 11.2. The lowest BCUT2D eigenvalue weighted by Gasteiger charge is -1.83. The minimum Gasteiger partial charge on any atom is -0.399 e. The Bertz CT molecular complexity index is 263. The van der Waals surface area contributed by atoms with Crippen molar-refractivity contribution in [3.63, 3.8) is 0 Å². The molecule has 17 heavy (non-hydrogen) atoms. The molecule has 0 aliphatic rings. The Balaban J connectivity index is -0.000000180. The van der Waals surface area contributed by atoms with Gasteiger partial charge in [0.15, 0.2) is 11.1 Å². The summed E-state index contributed by atoms with van der Waals surface area (Å²) in [6.07, 6.45) is 0. The van der Waals surface area contributed by atoms with E-state index >= 15 is 0 Å². The van der Waals surface area contributed by atoms with Crippen LogP contribution in [0.25, 0.3) is 0 Å². The Hall–Kier alpha value is -1.13. The van der Waals surface area contributed by atoms with Crippen LogP contribution in [0, 0.1) is 0 Å². The number of hydrogen-bond acceptors (Lipinski definition) is 3. The van der Waals surface area contributed by atoms with Crippen LogP contribution in [0.15, 0.2) is 42.3 Å². The molecule has 1 aromatic rings. The summed E-state index contributed by atoms with van der Waals surface area (Å²) in [4.78, 5) is 0. The van der Waals surface area contributed by atoms with E-state index in [2.05, 4.69) is 10.8 Å². The molecule has 0 aliphatic carbocycles. The van der Waals surface area contributed by atoms with Gasteiger partial charge < -0.3 is 5.73 Å². The molecule has 100 valence electrons. The lowest BCUT2D eigenvalue weighted by molar-refractivity contribution is 0.452. The van der Waals surface area contributed by atoms with Crippen molar-refractivity contribution in [3.8, 4) is 0 Å². The van der Waals surface area contributed by atoms with Crippen LogP contribution < -0.4 is 5.73 Å². The predicted octanol–water partition coefficient (Wildman–Crippen LogP) is 3.76. The summed E-state index contributed by atoms with van der Waals surface area (Å²) >= 11 is -1.27. The summed E-state index contributed by atoms with van der Waals surface area (Å²) in [7, 11) is 1.36. The van der Waals surface area contributed by atoms with E-state index in [1.165, 1.54) is 12.5 Å². The molecule has 0 saturated carbocycles.